The Labute approximate surface area is 179 Å². The number of rotatable bonds is 5. The molecule has 0 aliphatic carbocycles. The fraction of sp³-hybridized carbons (Fsp3) is 0.0833. The van der Waals surface area contributed by atoms with Crippen LogP contribution in [0.25, 0.3) is 22.2 Å². The number of benzene rings is 2. The van der Waals surface area contributed by atoms with Crippen molar-refractivity contribution in [3.05, 3.63) is 90.3 Å². The Hall–Kier alpha value is -4.26. The number of fused-ring (bicyclic) bond motifs is 1. The van der Waals surface area contributed by atoms with Gasteiger partial charge in [0.15, 0.2) is 0 Å². The molecule has 154 valence electrons. The number of nitrogens with zero attached hydrogens (tertiary/aromatic N) is 2. The number of hydrogen-bond donors (Lipinski definition) is 2. The quantitative estimate of drug-likeness (QED) is 0.487. The van der Waals surface area contributed by atoms with E-state index in [9.17, 15) is 9.59 Å². The molecule has 4 aromatic rings. The van der Waals surface area contributed by atoms with Gasteiger partial charge in [-0.2, -0.15) is 0 Å². The summed E-state index contributed by atoms with van der Waals surface area (Å²) in [5.41, 5.74) is 7.84. The zero-order valence-electron chi connectivity index (χ0n) is 16.8. The van der Waals surface area contributed by atoms with Gasteiger partial charge in [-0.25, -0.2) is 4.98 Å². The third kappa shape index (κ3) is 4.51. The molecule has 7 heteroatoms. The smallest absolute Gasteiger partial charge is 0.270 e. The van der Waals surface area contributed by atoms with Gasteiger partial charge in [0.2, 0.25) is 0 Å². The van der Waals surface area contributed by atoms with Gasteiger partial charge in [0.1, 0.15) is 5.75 Å². The summed E-state index contributed by atoms with van der Waals surface area (Å²) in [6, 6.07) is 19.4. The number of amides is 2. The number of nitrogens with one attached hydrogen (secondary N) is 2. The highest BCUT2D eigenvalue weighted by molar-refractivity contribution is 6.08. The van der Waals surface area contributed by atoms with Crippen LogP contribution in [0.15, 0.2) is 79.1 Å². The maximum atomic E-state index is 12.9. The lowest BCUT2D eigenvalue weighted by atomic mass is 10.0. The van der Waals surface area contributed by atoms with Crippen molar-refractivity contribution in [1.82, 2.24) is 20.8 Å². The van der Waals surface area contributed by atoms with Crippen LogP contribution in [0.5, 0.6) is 5.75 Å². The van der Waals surface area contributed by atoms with Gasteiger partial charge in [-0.1, -0.05) is 18.2 Å². The molecule has 0 unspecified atom stereocenters. The number of carbonyl (C=O) groups excluding carboxylic acids is 2. The van der Waals surface area contributed by atoms with Gasteiger partial charge < -0.3 is 4.74 Å². The number of pyridine rings is 2. The molecular weight excluding hydrogens is 392 g/mol. The normalized spacial score (nSPS) is 10.5. The molecule has 0 aliphatic heterocycles. The van der Waals surface area contributed by atoms with Gasteiger partial charge in [-0.05, 0) is 55.5 Å². The fourth-order valence-electron chi connectivity index (χ4n) is 3.15. The molecule has 0 saturated heterocycles. The number of aromatic nitrogens is 2. The molecule has 31 heavy (non-hydrogen) atoms. The Morgan fingerprint density at radius 2 is 1.71 bits per heavy atom. The van der Waals surface area contributed by atoms with E-state index < -0.39 is 11.8 Å². The van der Waals surface area contributed by atoms with E-state index in [2.05, 4.69) is 20.8 Å². The van der Waals surface area contributed by atoms with Gasteiger partial charge in [-0.3, -0.25) is 25.4 Å². The SMILES string of the molecule is CCOc1ccc(C(=O)NNC(=O)c2cc(-c3cccnc3)nc3ccccc23)cc1. The van der Waals surface area contributed by atoms with E-state index in [1.54, 1.807) is 42.7 Å². The number of hydrazine groups is 1. The van der Waals surface area contributed by atoms with Crippen molar-refractivity contribution in [2.75, 3.05) is 6.61 Å². The van der Waals surface area contributed by atoms with Crippen molar-refractivity contribution in [1.29, 1.82) is 0 Å². The lowest BCUT2D eigenvalue weighted by molar-refractivity contribution is 0.0847. The molecule has 2 aromatic heterocycles. The van der Waals surface area contributed by atoms with Crippen molar-refractivity contribution in [3.8, 4) is 17.0 Å². The fourth-order valence-corrected chi connectivity index (χ4v) is 3.15. The van der Waals surface area contributed by atoms with Crippen molar-refractivity contribution in [3.63, 3.8) is 0 Å². The lowest BCUT2D eigenvalue weighted by Crippen LogP contribution is -2.41. The molecule has 0 fully saturated rings. The van der Waals surface area contributed by atoms with Crippen LogP contribution in [0.3, 0.4) is 0 Å². The van der Waals surface area contributed by atoms with Crippen molar-refractivity contribution >= 4 is 22.7 Å². The van der Waals surface area contributed by atoms with E-state index in [4.69, 9.17) is 4.74 Å². The summed E-state index contributed by atoms with van der Waals surface area (Å²) in [5.74, 6) is -0.195. The monoisotopic (exact) mass is 412 g/mol. The lowest BCUT2D eigenvalue weighted by Gasteiger charge is -2.11. The number of ether oxygens (including phenoxy) is 1. The van der Waals surface area contributed by atoms with Crippen LogP contribution in [0.2, 0.25) is 0 Å². The topological polar surface area (TPSA) is 93.2 Å². The third-order valence-corrected chi connectivity index (χ3v) is 4.64. The highest BCUT2D eigenvalue weighted by Gasteiger charge is 2.15. The minimum atomic E-state index is -0.442. The summed E-state index contributed by atoms with van der Waals surface area (Å²) in [7, 11) is 0. The zero-order chi connectivity index (χ0) is 21.6. The summed E-state index contributed by atoms with van der Waals surface area (Å²) >= 11 is 0. The largest absolute Gasteiger partial charge is 0.494 e. The standard InChI is InChI=1S/C24H20N4O3/c1-2-31-18-11-9-16(10-12-18)23(29)27-28-24(30)20-14-22(17-6-5-13-25-15-17)26-21-8-4-3-7-19(20)21/h3-15H,2H2,1H3,(H,27,29)(H,28,30). The van der Waals surface area contributed by atoms with Crippen molar-refractivity contribution in [2.45, 2.75) is 6.92 Å². The van der Waals surface area contributed by atoms with E-state index in [-0.39, 0.29) is 0 Å². The first-order valence-corrected chi connectivity index (χ1v) is 9.79. The average Bonchev–Trinajstić information content (AvgIpc) is 2.83. The van der Waals surface area contributed by atoms with E-state index in [0.717, 1.165) is 5.56 Å². The Morgan fingerprint density at radius 1 is 0.935 bits per heavy atom. The van der Waals surface area contributed by atoms with E-state index in [0.29, 0.717) is 40.1 Å². The van der Waals surface area contributed by atoms with Crippen LogP contribution in [-0.4, -0.2) is 28.4 Å². The molecule has 0 spiro atoms. The Bertz CT molecular complexity index is 1220. The summed E-state index contributed by atoms with van der Waals surface area (Å²) in [4.78, 5) is 34.1. The van der Waals surface area contributed by atoms with Crippen LogP contribution in [0, 0.1) is 0 Å². The molecule has 0 atom stereocenters. The second-order valence-electron chi connectivity index (χ2n) is 6.68. The Morgan fingerprint density at radius 3 is 2.45 bits per heavy atom. The van der Waals surface area contributed by atoms with E-state index in [1.807, 2.05) is 43.3 Å². The molecular formula is C24H20N4O3. The molecule has 4 rings (SSSR count). The van der Waals surface area contributed by atoms with Crippen LogP contribution in [0.4, 0.5) is 0 Å². The second kappa shape index (κ2) is 9.04. The maximum Gasteiger partial charge on any atom is 0.270 e. The molecule has 0 saturated carbocycles. The predicted octanol–water partition coefficient (Wildman–Crippen LogP) is 3.77. The van der Waals surface area contributed by atoms with E-state index >= 15 is 0 Å². The van der Waals surface area contributed by atoms with Crippen molar-refractivity contribution in [2.24, 2.45) is 0 Å². The van der Waals surface area contributed by atoms with E-state index in [1.165, 1.54) is 0 Å². The molecule has 2 N–H and O–H groups in total. The van der Waals surface area contributed by atoms with Gasteiger partial charge >= 0.3 is 0 Å². The summed E-state index contributed by atoms with van der Waals surface area (Å²) in [6.07, 6.45) is 3.36. The molecule has 0 radical (unpaired) electrons. The molecule has 2 amide bonds. The predicted molar refractivity (Wildman–Crippen MR) is 118 cm³/mol. The number of para-hydroxylation sites is 1. The summed E-state index contributed by atoms with van der Waals surface area (Å²) < 4.78 is 5.37. The zero-order valence-corrected chi connectivity index (χ0v) is 16.8. The molecule has 2 heterocycles. The van der Waals surface area contributed by atoms with Gasteiger partial charge in [0.25, 0.3) is 11.8 Å². The molecule has 7 nitrogen and oxygen atoms in total. The molecule has 2 aromatic carbocycles. The highest BCUT2D eigenvalue weighted by atomic mass is 16.5. The number of hydrogen-bond acceptors (Lipinski definition) is 5. The first-order valence-electron chi connectivity index (χ1n) is 9.79. The highest BCUT2D eigenvalue weighted by Crippen LogP contribution is 2.24. The third-order valence-electron chi connectivity index (χ3n) is 4.64. The van der Waals surface area contributed by atoms with Crippen LogP contribution in [-0.2, 0) is 0 Å². The number of carbonyl (C=O) groups is 2. The van der Waals surface area contributed by atoms with Gasteiger partial charge in [-0.15, -0.1) is 0 Å². The second-order valence-corrected chi connectivity index (χ2v) is 6.68. The minimum absolute atomic E-state index is 0.399. The Kier molecular flexibility index (Phi) is 5.84. The first-order chi connectivity index (χ1) is 15.2. The van der Waals surface area contributed by atoms with Crippen molar-refractivity contribution < 1.29 is 14.3 Å². The first kappa shape index (κ1) is 20.0. The van der Waals surface area contributed by atoms with Gasteiger partial charge in [0.05, 0.1) is 23.4 Å². The Balaban J connectivity index is 1.56. The average molecular weight is 412 g/mol. The van der Waals surface area contributed by atoms with Crippen LogP contribution >= 0.6 is 0 Å². The summed E-state index contributed by atoms with van der Waals surface area (Å²) in [5, 5.41) is 0.683. The minimum Gasteiger partial charge on any atom is -0.494 e. The van der Waals surface area contributed by atoms with Gasteiger partial charge in [0, 0.05) is 28.9 Å². The maximum absolute atomic E-state index is 12.9. The molecule has 0 aliphatic rings. The van der Waals surface area contributed by atoms with Crippen LogP contribution < -0.4 is 15.6 Å². The summed E-state index contributed by atoms with van der Waals surface area (Å²) in [6.45, 7) is 2.43. The van der Waals surface area contributed by atoms with Crippen LogP contribution in [0.1, 0.15) is 27.6 Å². The molecule has 0 bridgehead atoms.